The van der Waals surface area contributed by atoms with Crippen LogP contribution in [0, 0.1) is 5.41 Å². The van der Waals surface area contributed by atoms with E-state index in [0.717, 1.165) is 12.1 Å². The fraction of sp³-hybridized carbons (Fsp3) is 0.300. The lowest BCUT2D eigenvalue weighted by Gasteiger charge is -2.15. The van der Waals surface area contributed by atoms with E-state index >= 15 is 0 Å². The van der Waals surface area contributed by atoms with Crippen LogP contribution in [0.25, 0.3) is 0 Å². The summed E-state index contributed by atoms with van der Waals surface area (Å²) in [4.78, 5) is 0. The predicted octanol–water partition coefficient (Wildman–Crippen LogP) is 2.93. The maximum Gasteiger partial charge on any atom is 0.422 e. The van der Waals surface area contributed by atoms with E-state index in [4.69, 9.17) is 11.1 Å². The lowest BCUT2D eigenvalue weighted by molar-refractivity contribution is -0.153. The predicted molar refractivity (Wildman–Crippen MR) is 54.0 cm³/mol. The van der Waals surface area contributed by atoms with Crippen molar-refractivity contribution in [3.05, 3.63) is 29.3 Å². The number of nitrogens with two attached hydrogens (primary N) is 1. The number of rotatable bonds is 3. The first-order valence-corrected chi connectivity index (χ1v) is 4.76. The summed E-state index contributed by atoms with van der Waals surface area (Å²) in [6.45, 7) is -1.70. The summed E-state index contributed by atoms with van der Waals surface area (Å²) in [7, 11) is 0. The Morgan fingerprint density at radius 1 is 1.16 bits per heavy atom. The molecule has 0 amide bonds. The summed E-state index contributed by atoms with van der Waals surface area (Å²) in [5.41, 5.74) is 3.03. The molecule has 0 aliphatic rings. The molecule has 0 fully saturated rings. The molecule has 9 heteroatoms. The van der Waals surface area contributed by atoms with E-state index < -0.39 is 41.7 Å². The summed E-state index contributed by atoms with van der Waals surface area (Å²) < 4.78 is 77.7. The maximum absolute atomic E-state index is 12.6. The Morgan fingerprint density at radius 3 is 2.16 bits per heavy atom. The zero-order valence-corrected chi connectivity index (χ0v) is 9.19. The van der Waals surface area contributed by atoms with E-state index in [-0.39, 0.29) is 0 Å². The number of nitrogens with one attached hydrogen (secondary N) is 1. The van der Waals surface area contributed by atoms with Crippen molar-refractivity contribution in [3.8, 4) is 5.75 Å². The van der Waals surface area contributed by atoms with Crippen LogP contribution < -0.4 is 10.5 Å². The normalized spacial score (nSPS) is 12.3. The number of benzene rings is 1. The molecule has 0 saturated carbocycles. The molecule has 0 aliphatic carbocycles. The second-order valence-electron chi connectivity index (χ2n) is 3.52. The summed E-state index contributed by atoms with van der Waals surface area (Å²) in [6.07, 6.45) is -9.50. The fourth-order valence-electron chi connectivity index (χ4n) is 1.25. The van der Waals surface area contributed by atoms with Gasteiger partial charge in [-0.05, 0) is 18.2 Å². The van der Waals surface area contributed by atoms with Gasteiger partial charge >= 0.3 is 12.4 Å². The molecular weight excluding hydrogens is 278 g/mol. The third-order valence-corrected chi connectivity index (χ3v) is 1.99. The number of halogens is 6. The topological polar surface area (TPSA) is 59.1 Å². The van der Waals surface area contributed by atoms with Crippen LogP contribution in [-0.2, 0) is 6.18 Å². The number of hydrogen-bond acceptors (Lipinski definition) is 2. The van der Waals surface area contributed by atoms with Crippen LogP contribution in [0.2, 0.25) is 0 Å². The second kappa shape index (κ2) is 4.98. The fourth-order valence-corrected chi connectivity index (χ4v) is 1.25. The van der Waals surface area contributed by atoms with E-state index in [9.17, 15) is 26.3 Å². The van der Waals surface area contributed by atoms with Crippen molar-refractivity contribution < 1.29 is 31.1 Å². The Labute approximate surface area is 103 Å². The number of hydrogen-bond donors (Lipinski definition) is 2. The third kappa shape index (κ3) is 4.34. The molecule has 19 heavy (non-hydrogen) atoms. The van der Waals surface area contributed by atoms with E-state index in [2.05, 4.69) is 4.74 Å². The van der Waals surface area contributed by atoms with E-state index in [0.29, 0.717) is 6.07 Å². The number of ether oxygens (including phenoxy) is 1. The monoisotopic (exact) mass is 286 g/mol. The van der Waals surface area contributed by atoms with Crippen molar-refractivity contribution in [2.45, 2.75) is 12.4 Å². The second-order valence-corrected chi connectivity index (χ2v) is 3.52. The van der Waals surface area contributed by atoms with Gasteiger partial charge in [-0.25, -0.2) is 0 Å². The molecule has 0 radical (unpaired) electrons. The first-order chi connectivity index (χ1) is 8.50. The standard InChI is InChI=1S/C10H8F6N2O/c11-9(12,13)4-19-5-1-2-6(8(17)18)7(3-5)10(14,15)16/h1-3H,4H2,(H3,17,18). The van der Waals surface area contributed by atoms with Gasteiger partial charge in [-0.3, -0.25) is 5.41 Å². The maximum atomic E-state index is 12.6. The highest BCUT2D eigenvalue weighted by Crippen LogP contribution is 2.34. The Morgan fingerprint density at radius 2 is 1.74 bits per heavy atom. The first kappa shape index (κ1) is 15.1. The number of amidine groups is 1. The Hall–Kier alpha value is -1.93. The minimum atomic E-state index is -4.85. The molecule has 0 aliphatic heterocycles. The molecule has 0 spiro atoms. The molecule has 106 valence electrons. The molecule has 0 bridgehead atoms. The van der Waals surface area contributed by atoms with E-state index in [1.165, 1.54) is 0 Å². The van der Waals surface area contributed by atoms with Crippen molar-refractivity contribution in [1.29, 1.82) is 5.41 Å². The average molecular weight is 286 g/mol. The molecule has 0 unspecified atom stereocenters. The van der Waals surface area contributed by atoms with Gasteiger partial charge in [0.25, 0.3) is 0 Å². The summed E-state index contributed by atoms with van der Waals surface area (Å²) in [6, 6.07) is 2.05. The van der Waals surface area contributed by atoms with Gasteiger partial charge in [0.05, 0.1) is 5.56 Å². The molecule has 1 aromatic rings. The molecular formula is C10H8F6N2O. The van der Waals surface area contributed by atoms with Gasteiger partial charge in [0.2, 0.25) is 0 Å². The van der Waals surface area contributed by atoms with Gasteiger partial charge in [0.1, 0.15) is 11.6 Å². The molecule has 0 aromatic heterocycles. The average Bonchev–Trinajstić information content (AvgIpc) is 2.23. The largest absolute Gasteiger partial charge is 0.484 e. The molecule has 0 heterocycles. The Kier molecular flexibility index (Phi) is 3.97. The third-order valence-electron chi connectivity index (χ3n) is 1.99. The van der Waals surface area contributed by atoms with Gasteiger partial charge in [-0.15, -0.1) is 0 Å². The summed E-state index contributed by atoms with van der Waals surface area (Å²) in [5.74, 6) is -1.44. The number of alkyl halides is 6. The van der Waals surface area contributed by atoms with E-state index in [1.54, 1.807) is 0 Å². The van der Waals surface area contributed by atoms with Gasteiger partial charge < -0.3 is 10.5 Å². The molecule has 1 aromatic carbocycles. The Bertz CT molecular complexity index is 480. The van der Waals surface area contributed by atoms with Crippen LogP contribution in [0.4, 0.5) is 26.3 Å². The summed E-state index contributed by atoms with van der Waals surface area (Å²) in [5, 5.41) is 6.98. The van der Waals surface area contributed by atoms with Gasteiger partial charge in [-0.1, -0.05) is 0 Å². The van der Waals surface area contributed by atoms with Crippen LogP contribution in [-0.4, -0.2) is 18.6 Å². The SMILES string of the molecule is N=C(N)c1ccc(OCC(F)(F)F)cc1C(F)(F)F. The van der Waals surface area contributed by atoms with Crippen molar-refractivity contribution in [3.63, 3.8) is 0 Å². The van der Waals surface area contributed by atoms with Crippen LogP contribution in [0.15, 0.2) is 18.2 Å². The molecule has 0 saturated heterocycles. The lowest BCUT2D eigenvalue weighted by atomic mass is 10.1. The highest BCUT2D eigenvalue weighted by molar-refractivity contribution is 5.96. The Balaban J connectivity index is 3.09. The molecule has 3 nitrogen and oxygen atoms in total. The van der Waals surface area contributed by atoms with Gasteiger partial charge in [0, 0.05) is 5.56 Å². The van der Waals surface area contributed by atoms with Crippen molar-refractivity contribution in [1.82, 2.24) is 0 Å². The zero-order valence-electron chi connectivity index (χ0n) is 9.19. The quantitative estimate of drug-likeness (QED) is 0.510. The first-order valence-electron chi connectivity index (χ1n) is 4.76. The summed E-state index contributed by atoms with van der Waals surface area (Å²) >= 11 is 0. The lowest BCUT2D eigenvalue weighted by Crippen LogP contribution is -2.21. The van der Waals surface area contributed by atoms with Crippen molar-refractivity contribution >= 4 is 5.84 Å². The van der Waals surface area contributed by atoms with Crippen LogP contribution >= 0.6 is 0 Å². The molecule has 1 rings (SSSR count). The minimum Gasteiger partial charge on any atom is -0.484 e. The van der Waals surface area contributed by atoms with Crippen LogP contribution in [0.3, 0.4) is 0 Å². The molecule has 3 N–H and O–H groups in total. The van der Waals surface area contributed by atoms with Crippen LogP contribution in [0.5, 0.6) is 5.75 Å². The van der Waals surface area contributed by atoms with Gasteiger partial charge in [-0.2, -0.15) is 26.3 Å². The van der Waals surface area contributed by atoms with Crippen molar-refractivity contribution in [2.24, 2.45) is 5.73 Å². The highest BCUT2D eigenvalue weighted by Gasteiger charge is 2.35. The number of nitrogen functional groups attached to an aromatic ring is 1. The molecule has 0 atom stereocenters. The van der Waals surface area contributed by atoms with Crippen LogP contribution in [0.1, 0.15) is 11.1 Å². The zero-order chi connectivity index (χ0) is 14.8. The van der Waals surface area contributed by atoms with Crippen molar-refractivity contribution in [2.75, 3.05) is 6.61 Å². The smallest absolute Gasteiger partial charge is 0.422 e. The van der Waals surface area contributed by atoms with Gasteiger partial charge in [0.15, 0.2) is 6.61 Å². The minimum absolute atomic E-state index is 0.377. The highest BCUT2D eigenvalue weighted by atomic mass is 19.4. The van der Waals surface area contributed by atoms with E-state index in [1.807, 2.05) is 0 Å².